The van der Waals surface area contributed by atoms with Crippen LogP contribution in [0.25, 0.3) is 32.9 Å². The average molecular weight is 521 g/mol. The number of piperazine rings is 1. The highest BCUT2D eigenvalue weighted by atomic mass is 19.1. The predicted octanol–water partition coefficient (Wildman–Crippen LogP) is 4.10. The Labute approximate surface area is 219 Å². The highest BCUT2D eigenvalue weighted by molar-refractivity contribution is 6.00. The first-order valence-corrected chi connectivity index (χ1v) is 12.9. The molecule has 198 valence electrons. The second kappa shape index (κ2) is 9.92. The Hall–Kier alpha value is -3.63. The zero-order valence-electron chi connectivity index (χ0n) is 21.4. The van der Waals surface area contributed by atoms with Gasteiger partial charge >= 0.3 is 6.01 Å². The molecule has 8 nitrogen and oxygen atoms in total. The molecule has 10 heteroatoms. The standard InChI is InChI=1S/C24H21F2N5O2.C4H9N/c1-33-24-29-22-17(23(30-24)31-10-13-5-6-14(11-31)28-13)9-27-21(20(22)26)16-8-15(32)7-12-3-2-4-18(25)19(12)16;1-5-3-2-4-5/h2-4,7-9,13-14,28,32H,5-6,10-11H2,1H3;2-4H2,1H3. The Bertz CT molecular complexity index is 1500. The molecule has 3 aliphatic rings. The number of rotatable bonds is 3. The van der Waals surface area contributed by atoms with Gasteiger partial charge in [0.25, 0.3) is 0 Å². The largest absolute Gasteiger partial charge is 0.508 e. The maximum Gasteiger partial charge on any atom is 0.318 e. The highest BCUT2D eigenvalue weighted by Crippen LogP contribution is 2.38. The number of pyridine rings is 1. The van der Waals surface area contributed by atoms with Gasteiger partial charge in [0, 0.05) is 42.3 Å². The van der Waals surface area contributed by atoms with Crippen molar-refractivity contribution in [3.63, 3.8) is 0 Å². The molecular weight excluding hydrogens is 490 g/mol. The van der Waals surface area contributed by atoms with E-state index in [0.717, 1.165) is 25.9 Å². The van der Waals surface area contributed by atoms with Crippen LogP contribution in [-0.2, 0) is 0 Å². The molecule has 3 fully saturated rings. The van der Waals surface area contributed by atoms with Crippen LogP contribution in [-0.4, -0.2) is 77.4 Å². The van der Waals surface area contributed by atoms with Crippen molar-refractivity contribution in [1.82, 2.24) is 25.2 Å². The fourth-order valence-corrected chi connectivity index (χ4v) is 5.54. The summed E-state index contributed by atoms with van der Waals surface area (Å²) in [5.41, 5.74) is 0.1000. The van der Waals surface area contributed by atoms with E-state index in [1.54, 1.807) is 6.07 Å². The molecule has 3 saturated heterocycles. The molecule has 0 amide bonds. The average Bonchev–Trinajstić information content (AvgIpc) is 3.24. The second-order valence-electron chi connectivity index (χ2n) is 10.2. The molecule has 5 heterocycles. The molecule has 7 rings (SSSR count). The van der Waals surface area contributed by atoms with Crippen molar-refractivity contribution in [1.29, 1.82) is 0 Å². The molecule has 2 aromatic carbocycles. The lowest BCUT2D eigenvalue weighted by Gasteiger charge is -2.34. The summed E-state index contributed by atoms with van der Waals surface area (Å²) >= 11 is 0. The Morgan fingerprint density at radius 1 is 1.08 bits per heavy atom. The van der Waals surface area contributed by atoms with E-state index in [1.807, 2.05) is 0 Å². The number of anilines is 1. The third-order valence-electron chi connectivity index (χ3n) is 7.59. The minimum absolute atomic E-state index is 0.0422. The van der Waals surface area contributed by atoms with Crippen LogP contribution >= 0.6 is 0 Å². The molecule has 0 aliphatic carbocycles. The van der Waals surface area contributed by atoms with Crippen molar-refractivity contribution < 1.29 is 18.6 Å². The van der Waals surface area contributed by atoms with Gasteiger partial charge in [-0.15, -0.1) is 0 Å². The number of methoxy groups -OCH3 is 1. The Morgan fingerprint density at radius 3 is 2.47 bits per heavy atom. The number of benzene rings is 2. The normalized spacial score (nSPS) is 20.8. The van der Waals surface area contributed by atoms with Gasteiger partial charge in [-0.05, 0) is 63.0 Å². The molecule has 2 N–H and O–H groups in total. The van der Waals surface area contributed by atoms with Crippen LogP contribution in [0, 0.1) is 11.6 Å². The van der Waals surface area contributed by atoms with Gasteiger partial charge in [-0.1, -0.05) is 12.1 Å². The first-order valence-electron chi connectivity index (χ1n) is 12.9. The third kappa shape index (κ3) is 4.48. The number of phenolic OH excluding ortho intramolecular Hbond substituents is 1. The van der Waals surface area contributed by atoms with Crippen molar-refractivity contribution in [3.05, 3.63) is 48.2 Å². The first-order chi connectivity index (χ1) is 18.4. The van der Waals surface area contributed by atoms with E-state index in [-0.39, 0.29) is 33.9 Å². The highest BCUT2D eigenvalue weighted by Gasteiger charge is 2.34. The number of fused-ring (bicyclic) bond motifs is 4. The number of hydrogen-bond acceptors (Lipinski definition) is 8. The Morgan fingerprint density at radius 2 is 1.82 bits per heavy atom. The van der Waals surface area contributed by atoms with Gasteiger partial charge in [0.1, 0.15) is 28.6 Å². The summed E-state index contributed by atoms with van der Waals surface area (Å²) in [5.74, 6) is -0.787. The van der Waals surface area contributed by atoms with Crippen molar-refractivity contribution in [2.24, 2.45) is 0 Å². The molecule has 2 aromatic heterocycles. The monoisotopic (exact) mass is 520 g/mol. The lowest BCUT2D eigenvalue weighted by atomic mass is 9.99. The number of phenols is 1. The molecule has 2 unspecified atom stereocenters. The van der Waals surface area contributed by atoms with Crippen molar-refractivity contribution in [2.45, 2.75) is 31.3 Å². The zero-order valence-corrected chi connectivity index (χ0v) is 21.4. The van der Waals surface area contributed by atoms with Gasteiger partial charge in [0.2, 0.25) is 0 Å². The summed E-state index contributed by atoms with van der Waals surface area (Å²) in [7, 11) is 3.58. The Kier molecular flexibility index (Phi) is 6.45. The number of aromatic hydroxyl groups is 1. The molecule has 2 atom stereocenters. The topological polar surface area (TPSA) is 86.6 Å². The summed E-state index contributed by atoms with van der Waals surface area (Å²) in [6, 6.07) is 8.00. The van der Waals surface area contributed by atoms with Crippen LogP contribution in [0.2, 0.25) is 0 Å². The van der Waals surface area contributed by atoms with Crippen LogP contribution in [0.1, 0.15) is 19.3 Å². The summed E-state index contributed by atoms with van der Waals surface area (Å²) in [6.45, 7) is 4.13. The molecule has 0 spiro atoms. The van der Waals surface area contributed by atoms with Gasteiger partial charge in [-0.25, -0.2) is 8.78 Å². The quantitative estimate of drug-likeness (QED) is 0.418. The summed E-state index contributed by atoms with van der Waals surface area (Å²) < 4.78 is 35.9. The van der Waals surface area contributed by atoms with Crippen molar-refractivity contribution in [3.8, 4) is 23.0 Å². The van der Waals surface area contributed by atoms with E-state index in [4.69, 9.17) is 4.74 Å². The van der Waals surface area contributed by atoms with Crippen LogP contribution in [0.5, 0.6) is 11.8 Å². The fourth-order valence-electron chi connectivity index (χ4n) is 5.54. The van der Waals surface area contributed by atoms with E-state index in [1.165, 1.54) is 57.1 Å². The molecular formula is C28H30F2N6O2. The number of nitrogens with zero attached hydrogens (tertiary/aromatic N) is 5. The summed E-state index contributed by atoms with van der Waals surface area (Å²) in [5, 5.41) is 14.9. The maximum absolute atomic E-state index is 15.9. The van der Waals surface area contributed by atoms with Crippen LogP contribution in [0.3, 0.4) is 0 Å². The number of halogens is 2. The molecule has 4 aromatic rings. The van der Waals surface area contributed by atoms with Gasteiger partial charge in [-0.2, -0.15) is 9.97 Å². The van der Waals surface area contributed by atoms with Gasteiger partial charge in [0.05, 0.1) is 12.5 Å². The SMILES string of the molecule is CN1CCC1.COc1nc(N2CC3CCC(C2)N3)c2cnc(-c3cc(O)cc4cccc(F)c34)c(F)c2n1. The second-order valence-corrected chi connectivity index (χ2v) is 10.2. The Balaban J connectivity index is 0.000000476. The summed E-state index contributed by atoms with van der Waals surface area (Å²) in [4.78, 5) is 17.6. The lowest BCUT2D eigenvalue weighted by Crippen LogP contribution is -2.51. The first kappa shape index (κ1) is 24.7. The maximum atomic E-state index is 15.9. The van der Waals surface area contributed by atoms with E-state index < -0.39 is 11.6 Å². The smallest absolute Gasteiger partial charge is 0.318 e. The van der Waals surface area contributed by atoms with Crippen LogP contribution < -0.4 is 15.0 Å². The van der Waals surface area contributed by atoms with Gasteiger partial charge in [0.15, 0.2) is 5.82 Å². The van der Waals surface area contributed by atoms with Crippen molar-refractivity contribution in [2.75, 3.05) is 45.2 Å². The molecule has 3 aliphatic heterocycles. The number of ether oxygens (including phenoxy) is 1. The third-order valence-corrected chi connectivity index (χ3v) is 7.59. The molecule has 0 radical (unpaired) electrons. The molecule has 0 saturated carbocycles. The molecule has 38 heavy (non-hydrogen) atoms. The molecule has 2 bridgehead atoms. The number of nitrogens with one attached hydrogen (secondary N) is 1. The minimum Gasteiger partial charge on any atom is -0.508 e. The van der Waals surface area contributed by atoms with Crippen LogP contribution in [0.4, 0.5) is 14.6 Å². The predicted molar refractivity (Wildman–Crippen MR) is 143 cm³/mol. The van der Waals surface area contributed by atoms with Gasteiger partial charge in [-0.3, -0.25) is 4.98 Å². The summed E-state index contributed by atoms with van der Waals surface area (Å²) in [6.07, 6.45) is 5.11. The zero-order chi connectivity index (χ0) is 26.4. The van der Waals surface area contributed by atoms with E-state index >= 15 is 4.39 Å². The van der Waals surface area contributed by atoms with Crippen molar-refractivity contribution >= 4 is 27.5 Å². The van der Waals surface area contributed by atoms with E-state index in [9.17, 15) is 9.50 Å². The van der Waals surface area contributed by atoms with Crippen LogP contribution in [0.15, 0.2) is 36.5 Å². The number of likely N-dealkylation sites (tertiary alicyclic amines) is 1. The lowest BCUT2D eigenvalue weighted by molar-refractivity contribution is 0.229. The number of hydrogen-bond donors (Lipinski definition) is 2. The fraction of sp³-hybridized carbons (Fsp3) is 0.393. The minimum atomic E-state index is -0.720. The van der Waals surface area contributed by atoms with E-state index in [0.29, 0.717) is 28.7 Å². The van der Waals surface area contributed by atoms with E-state index in [2.05, 4.69) is 37.1 Å². The number of aromatic nitrogens is 3. The van der Waals surface area contributed by atoms with Gasteiger partial charge < -0.3 is 25.0 Å².